The molecule has 0 aromatic carbocycles. The molecule has 2 heteroatoms. The van der Waals surface area contributed by atoms with E-state index in [1.165, 1.54) is 0 Å². The molecule has 0 unspecified atom stereocenters. The van der Waals surface area contributed by atoms with Crippen LogP contribution < -0.4 is 0 Å². The van der Waals surface area contributed by atoms with Crippen LogP contribution in [0.4, 0.5) is 0 Å². The van der Waals surface area contributed by atoms with Gasteiger partial charge in [-0.15, -0.1) is 0 Å². The molecule has 10 heavy (non-hydrogen) atoms. The third-order valence-electron chi connectivity index (χ3n) is 1.49. The van der Waals surface area contributed by atoms with Gasteiger partial charge in [-0.1, -0.05) is 20.8 Å². The molecule has 0 spiro atoms. The first-order valence-corrected chi connectivity index (χ1v) is 3.56. The van der Waals surface area contributed by atoms with Gasteiger partial charge in [-0.2, -0.15) is 0 Å². The summed E-state index contributed by atoms with van der Waals surface area (Å²) in [6.07, 6.45) is -0.681. The van der Waals surface area contributed by atoms with Crippen molar-refractivity contribution < 1.29 is 10.2 Å². The molecule has 0 bridgehead atoms. The Kier molecular flexibility index (Phi) is 2.49. The van der Waals surface area contributed by atoms with E-state index in [9.17, 15) is 10.2 Å². The Morgan fingerprint density at radius 2 is 1.30 bits per heavy atom. The highest BCUT2D eigenvalue weighted by Gasteiger charge is 2.34. The molecule has 0 aliphatic rings. The van der Waals surface area contributed by atoms with Crippen molar-refractivity contribution in [1.29, 1.82) is 0 Å². The fourth-order valence-electron chi connectivity index (χ4n) is 1.06. The first-order valence-electron chi connectivity index (χ1n) is 3.56. The molecule has 2 N–H and O–H groups in total. The maximum atomic E-state index is 9.47. The zero-order chi connectivity index (χ0) is 8.58. The Bertz CT molecular complexity index is 91.4. The third kappa shape index (κ3) is 2.67. The van der Waals surface area contributed by atoms with Crippen molar-refractivity contribution in [2.24, 2.45) is 5.41 Å². The minimum Gasteiger partial charge on any atom is -0.390 e. The highest BCUT2D eigenvalue weighted by atomic mass is 16.3. The van der Waals surface area contributed by atoms with Gasteiger partial charge in [-0.3, -0.25) is 0 Å². The Hall–Kier alpha value is -0.0800. The van der Waals surface area contributed by atoms with E-state index < -0.39 is 11.7 Å². The van der Waals surface area contributed by atoms with Crippen molar-refractivity contribution in [2.75, 3.05) is 0 Å². The van der Waals surface area contributed by atoms with Gasteiger partial charge in [0, 0.05) is 0 Å². The molecular weight excluding hydrogens is 128 g/mol. The quantitative estimate of drug-likeness (QED) is 0.583. The highest BCUT2D eigenvalue weighted by molar-refractivity contribution is 4.85. The van der Waals surface area contributed by atoms with Gasteiger partial charge >= 0.3 is 0 Å². The lowest BCUT2D eigenvalue weighted by atomic mass is 9.80. The van der Waals surface area contributed by atoms with Gasteiger partial charge in [-0.05, 0) is 19.3 Å². The second-order valence-corrected chi connectivity index (χ2v) is 4.42. The molecule has 0 saturated carbocycles. The maximum Gasteiger partial charge on any atom is 0.0869 e. The van der Waals surface area contributed by atoms with E-state index in [1.54, 1.807) is 13.8 Å². The molecule has 0 amide bonds. The largest absolute Gasteiger partial charge is 0.390 e. The number of aliphatic hydroxyl groups excluding tert-OH is 1. The highest BCUT2D eigenvalue weighted by Crippen LogP contribution is 2.27. The normalized spacial score (nSPS) is 17.1. The molecule has 0 aromatic heterocycles. The average Bonchev–Trinajstić information content (AvgIpc) is 1.59. The lowest BCUT2D eigenvalue weighted by molar-refractivity contribution is -0.0982. The second kappa shape index (κ2) is 2.51. The Labute approximate surface area is 62.9 Å². The van der Waals surface area contributed by atoms with Crippen LogP contribution in [-0.4, -0.2) is 21.9 Å². The average molecular weight is 146 g/mol. The van der Waals surface area contributed by atoms with Gasteiger partial charge in [0.15, 0.2) is 0 Å². The van der Waals surface area contributed by atoms with Gasteiger partial charge in [-0.25, -0.2) is 0 Å². The first kappa shape index (κ1) is 9.92. The molecule has 0 saturated heterocycles. The van der Waals surface area contributed by atoms with E-state index in [-0.39, 0.29) is 5.41 Å². The predicted molar refractivity (Wildman–Crippen MR) is 41.8 cm³/mol. The number of hydrogen-bond acceptors (Lipinski definition) is 2. The second-order valence-electron chi connectivity index (χ2n) is 4.42. The van der Waals surface area contributed by atoms with E-state index in [0.717, 1.165) is 0 Å². The summed E-state index contributed by atoms with van der Waals surface area (Å²) in [5.74, 6) is 0. The number of aliphatic hydroxyl groups is 2. The molecule has 0 radical (unpaired) electrons. The molecule has 1 atom stereocenters. The van der Waals surface area contributed by atoms with Crippen LogP contribution in [-0.2, 0) is 0 Å². The van der Waals surface area contributed by atoms with Crippen LogP contribution in [0.1, 0.15) is 34.6 Å². The Morgan fingerprint density at radius 3 is 1.30 bits per heavy atom. The van der Waals surface area contributed by atoms with E-state index in [1.807, 2.05) is 20.8 Å². The van der Waals surface area contributed by atoms with E-state index in [2.05, 4.69) is 0 Å². The van der Waals surface area contributed by atoms with Crippen LogP contribution in [0.5, 0.6) is 0 Å². The standard InChI is InChI=1S/C8H18O2/c1-7(2,3)6(9)8(4,5)10/h6,9-10H,1-5H3/t6-/m1/s1. The van der Waals surface area contributed by atoms with Gasteiger partial charge in [0.1, 0.15) is 0 Å². The molecule has 0 rings (SSSR count). The molecule has 0 aromatic rings. The van der Waals surface area contributed by atoms with Crippen LogP contribution in [0, 0.1) is 5.41 Å². The molecule has 62 valence electrons. The molecule has 2 nitrogen and oxygen atoms in total. The van der Waals surface area contributed by atoms with Crippen LogP contribution in [0.25, 0.3) is 0 Å². The minimum atomic E-state index is -1.00. The summed E-state index contributed by atoms with van der Waals surface area (Å²) in [6, 6.07) is 0. The monoisotopic (exact) mass is 146 g/mol. The number of hydrogen-bond donors (Lipinski definition) is 2. The third-order valence-corrected chi connectivity index (χ3v) is 1.49. The van der Waals surface area contributed by atoms with Crippen molar-refractivity contribution in [3.8, 4) is 0 Å². The van der Waals surface area contributed by atoms with Crippen LogP contribution in [0.2, 0.25) is 0 Å². The first-order chi connectivity index (χ1) is 4.15. The summed E-state index contributed by atoms with van der Waals surface area (Å²) in [5, 5.41) is 18.8. The van der Waals surface area contributed by atoms with Gasteiger partial charge in [0.2, 0.25) is 0 Å². The summed E-state index contributed by atoms with van der Waals surface area (Å²) >= 11 is 0. The van der Waals surface area contributed by atoms with Crippen molar-refractivity contribution in [3.05, 3.63) is 0 Å². The lowest BCUT2D eigenvalue weighted by Gasteiger charge is -2.34. The fourth-order valence-corrected chi connectivity index (χ4v) is 1.06. The summed E-state index contributed by atoms with van der Waals surface area (Å²) in [7, 11) is 0. The maximum absolute atomic E-state index is 9.47. The fraction of sp³-hybridized carbons (Fsp3) is 1.00. The van der Waals surface area contributed by atoms with Gasteiger partial charge in [0.05, 0.1) is 11.7 Å². The Balaban J connectivity index is 4.23. The van der Waals surface area contributed by atoms with Crippen molar-refractivity contribution in [2.45, 2.75) is 46.3 Å². The predicted octanol–water partition coefficient (Wildman–Crippen LogP) is 1.16. The van der Waals surface area contributed by atoms with E-state index >= 15 is 0 Å². The Morgan fingerprint density at radius 1 is 1.00 bits per heavy atom. The molecule has 0 heterocycles. The topological polar surface area (TPSA) is 40.5 Å². The summed E-state index contributed by atoms with van der Waals surface area (Å²) in [5.41, 5.74) is -1.25. The minimum absolute atomic E-state index is 0.252. The summed E-state index contributed by atoms with van der Waals surface area (Å²) < 4.78 is 0. The molecular formula is C8H18O2. The lowest BCUT2D eigenvalue weighted by Crippen LogP contribution is -2.44. The van der Waals surface area contributed by atoms with E-state index in [0.29, 0.717) is 0 Å². The van der Waals surface area contributed by atoms with Crippen LogP contribution >= 0.6 is 0 Å². The van der Waals surface area contributed by atoms with Crippen LogP contribution in [0.3, 0.4) is 0 Å². The smallest absolute Gasteiger partial charge is 0.0869 e. The summed E-state index contributed by atoms with van der Waals surface area (Å²) in [4.78, 5) is 0. The molecule has 0 fully saturated rings. The number of rotatable bonds is 1. The van der Waals surface area contributed by atoms with Crippen LogP contribution in [0.15, 0.2) is 0 Å². The summed E-state index contributed by atoms with van der Waals surface area (Å²) in [6.45, 7) is 8.92. The zero-order valence-electron chi connectivity index (χ0n) is 7.47. The van der Waals surface area contributed by atoms with Crippen molar-refractivity contribution in [3.63, 3.8) is 0 Å². The van der Waals surface area contributed by atoms with Crippen molar-refractivity contribution in [1.82, 2.24) is 0 Å². The van der Waals surface area contributed by atoms with Gasteiger partial charge in [0.25, 0.3) is 0 Å². The van der Waals surface area contributed by atoms with Gasteiger partial charge < -0.3 is 10.2 Å². The molecule has 0 aliphatic carbocycles. The zero-order valence-corrected chi connectivity index (χ0v) is 7.47. The van der Waals surface area contributed by atoms with Crippen molar-refractivity contribution >= 4 is 0 Å². The SMILES string of the molecule is CC(C)(C)[C@@H](O)C(C)(C)O. The van der Waals surface area contributed by atoms with E-state index in [4.69, 9.17) is 0 Å². The molecule has 0 aliphatic heterocycles.